The molecule has 6 nitrogen and oxygen atoms in total. The number of thiophene rings is 1. The molecule has 3 aromatic rings. The second-order valence-electron chi connectivity index (χ2n) is 6.63. The molecule has 1 aromatic carbocycles. The molecule has 28 heavy (non-hydrogen) atoms. The molecule has 0 spiro atoms. The molecular formula is C19H18ClN3O3S2. The van der Waals surface area contributed by atoms with Crippen molar-refractivity contribution in [3.63, 3.8) is 0 Å². The van der Waals surface area contributed by atoms with E-state index in [0.29, 0.717) is 41.2 Å². The zero-order valence-electron chi connectivity index (χ0n) is 14.8. The van der Waals surface area contributed by atoms with Crippen LogP contribution in [0.25, 0.3) is 10.9 Å². The Labute approximate surface area is 172 Å². The van der Waals surface area contributed by atoms with E-state index < -0.39 is 10.0 Å². The van der Waals surface area contributed by atoms with E-state index in [2.05, 4.69) is 9.71 Å². The number of rotatable bonds is 4. The summed E-state index contributed by atoms with van der Waals surface area (Å²) < 4.78 is 27.8. The Morgan fingerprint density at radius 3 is 2.64 bits per heavy atom. The Morgan fingerprint density at radius 2 is 1.93 bits per heavy atom. The number of halogens is 1. The highest BCUT2D eigenvalue weighted by atomic mass is 35.5. The number of pyridine rings is 1. The van der Waals surface area contributed by atoms with Crippen LogP contribution in [0.2, 0.25) is 5.15 Å². The van der Waals surface area contributed by atoms with Crippen LogP contribution in [0.4, 0.5) is 0 Å². The van der Waals surface area contributed by atoms with Crippen molar-refractivity contribution >= 4 is 49.8 Å². The number of amides is 1. The quantitative estimate of drug-likeness (QED) is 0.636. The van der Waals surface area contributed by atoms with Gasteiger partial charge in [-0.3, -0.25) is 4.79 Å². The summed E-state index contributed by atoms with van der Waals surface area (Å²) in [5.74, 6) is -0.111. The SMILES string of the molecule is O=C(c1cc(Cl)nc2ccccc12)N1CCC(NS(=O)(=O)c2cccs2)CC1. The summed E-state index contributed by atoms with van der Waals surface area (Å²) in [7, 11) is -3.50. The predicted molar refractivity (Wildman–Crippen MR) is 110 cm³/mol. The van der Waals surface area contributed by atoms with Crippen molar-refractivity contribution in [3.05, 3.63) is 58.6 Å². The first-order chi connectivity index (χ1) is 13.4. The van der Waals surface area contributed by atoms with Crippen molar-refractivity contribution < 1.29 is 13.2 Å². The second-order valence-corrected chi connectivity index (χ2v) is 9.91. The predicted octanol–water partition coefficient (Wildman–Crippen LogP) is 3.53. The van der Waals surface area contributed by atoms with Gasteiger partial charge in [0, 0.05) is 24.5 Å². The third-order valence-electron chi connectivity index (χ3n) is 4.78. The maximum absolute atomic E-state index is 13.0. The number of hydrogen-bond acceptors (Lipinski definition) is 5. The highest BCUT2D eigenvalue weighted by molar-refractivity contribution is 7.91. The number of carbonyl (C=O) groups excluding carboxylic acids is 1. The lowest BCUT2D eigenvalue weighted by atomic mass is 10.0. The number of hydrogen-bond donors (Lipinski definition) is 1. The van der Waals surface area contributed by atoms with Crippen LogP contribution in [0.1, 0.15) is 23.2 Å². The lowest BCUT2D eigenvalue weighted by molar-refractivity contribution is 0.0713. The van der Waals surface area contributed by atoms with Crippen LogP contribution in [0, 0.1) is 0 Å². The van der Waals surface area contributed by atoms with E-state index in [1.807, 2.05) is 24.3 Å². The third kappa shape index (κ3) is 3.91. The zero-order chi connectivity index (χ0) is 19.7. The molecular weight excluding hydrogens is 418 g/mol. The minimum atomic E-state index is -3.50. The molecule has 4 rings (SSSR count). The van der Waals surface area contributed by atoms with E-state index in [1.165, 1.54) is 11.3 Å². The molecule has 1 aliphatic rings. The van der Waals surface area contributed by atoms with Crippen molar-refractivity contribution in [2.45, 2.75) is 23.1 Å². The van der Waals surface area contributed by atoms with Gasteiger partial charge in [0.15, 0.2) is 0 Å². The number of nitrogens with zero attached hydrogens (tertiary/aromatic N) is 2. The van der Waals surface area contributed by atoms with Gasteiger partial charge in [0.25, 0.3) is 5.91 Å². The van der Waals surface area contributed by atoms with Gasteiger partial charge < -0.3 is 4.90 Å². The minimum Gasteiger partial charge on any atom is -0.339 e. The third-order valence-corrected chi connectivity index (χ3v) is 7.89. The molecule has 9 heteroatoms. The number of piperidine rings is 1. The summed E-state index contributed by atoms with van der Waals surface area (Å²) in [6, 6.07) is 12.1. The summed E-state index contributed by atoms with van der Waals surface area (Å²) in [5, 5.41) is 2.78. The van der Waals surface area contributed by atoms with Crippen molar-refractivity contribution in [1.82, 2.24) is 14.6 Å². The van der Waals surface area contributed by atoms with Crippen molar-refractivity contribution in [2.24, 2.45) is 0 Å². The molecule has 146 valence electrons. The first-order valence-electron chi connectivity index (χ1n) is 8.84. The fraction of sp³-hybridized carbons (Fsp3) is 0.263. The van der Waals surface area contributed by atoms with Crippen LogP contribution in [0.3, 0.4) is 0 Å². The van der Waals surface area contributed by atoms with Crippen LogP contribution in [-0.4, -0.2) is 43.3 Å². The smallest absolute Gasteiger partial charge is 0.254 e. The number of likely N-dealkylation sites (tertiary alicyclic amines) is 1. The van der Waals surface area contributed by atoms with E-state index in [1.54, 1.807) is 28.5 Å². The summed E-state index contributed by atoms with van der Waals surface area (Å²) >= 11 is 7.28. The molecule has 1 aliphatic heterocycles. The van der Waals surface area contributed by atoms with Crippen LogP contribution >= 0.6 is 22.9 Å². The fourth-order valence-corrected chi connectivity index (χ4v) is 5.90. The number of sulfonamides is 1. The first kappa shape index (κ1) is 19.3. The van der Waals surface area contributed by atoms with Gasteiger partial charge in [0.1, 0.15) is 9.36 Å². The highest BCUT2D eigenvalue weighted by Crippen LogP contribution is 2.24. The van der Waals surface area contributed by atoms with E-state index in [0.717, 1.165) is 5.39 Å². The molecule has 0 atom stereocenters. The average Bonchev–Trinajstić information content (AvgIpc) is 3.23. The molecule has 1 amide bonds. The molecule has 0 aliphatic carbocycles. The molecule has 0 bridgehead atoms. The number of nitrogens with one attached hydrogen (secondary N) is 1. The number of carbonyl (C=O) groups is 1. The molecule has 1 saturated heterocycles. The molecule has 1 fully saturated rings. The van der Waals surface area contributed by atoms with Gasteiger partial charge in [-0.15, -0.1) is 11.3 Å². The topological polar surface area (TPSA) is 79.4 Å². The van der Waals surface area contributed by atoms with Crippen LogP contribution in [0.15, 0.2) is 52.1 Å². The zero-order valence-corrected chi connectivity index (χ0v) is 17.2. The number of fused-ring (bicyclic) bond motifs is 1. The van der Waals surface area contributed by atoms with Gasteiger partial charge >= 0.3 is 0 Å². The molecule has 3 heterocycles. The second kappa shape index (κ2) is 7.79. The Bertz CT molecular complexity index is 1110. The Morgan fingerprint density at radius 1 is 1.18 bits per heavy atom. The molecule has 2 aromatic heterocycles. The molecule has 0 saturated carbocycles. The summed E-state index contributed by atoms with van der Waals surface area (Å²) in [4.78, 5) is 19.1. The van der Waals surface area contributed by atoms with Crippen LogP contribution in [0.5, 0.6) is 0 Å². The number of aromatic nitrogens is 1. The molecule has 1 N–H and O–H groups in total. The van der Waals surface area contributed by atoms with E-state index >= 15 is 0 Å². The minimum absolute atomic E-state index is 0.111. The van der Waals surface area contributed by atoms with Gasteiger partial charge in [-0.2, -0.15) is 0 Å². The summed E-state index contributed by atoms with van der Waals surface area (Å²) in [6.07, 6.45) is 1.13. The van der Waals surface area contributed by atoms with Gasteiger partial charge in [0.05, 0.1) is 11.1 Å². The van der Waals surface area contributed by atoms with E-state index in [-0.39, 0.29) is 17.1 Å². The summed E-state index contributed by atoms with van der Waals surface area (Å²) in [5.41, 5.74) is 1.20. The van der Waals surface area contributed by atoms with Crippen LogP contribution in [-0.2, 0) is 10.0 Å². The Balaban J connectivity index is 1.47. The standard InChI is InChI=1S/C19H18ClN3O3S2/c20-17-12-15(14-4-1-2-5-16(14)21-17)19(24)23-9-7-13(8-10-23)22-28(25,26)18-6-3-11-27-18/h1-6,11-13,22H,7-10H2. The van der Waals surface area contributed by atoms with Crippen LogP contribution < -0.4 is 4.72 Å². The molecule has 0 unspecified atom stereocenters. The largest absolute Gasteiger partial charge is 0.339 e. The first-order valence-corrected chi connectivity index (χ1v) is 11.6. The van der Waals surface area contributed by atoms with Gasteiger partial charge in [0.2, 0.25) is 10.0 Å². The van der Waals surface area contributed by atoms with Crippen molar-refractivity contribution in [2.75, 3.05) is 13.1 Å². The Hall–Kier alpha value is -2.00. The van der Waals surface area contributed by atoms with Crippen molar-refractivity contribution in [1.29, 1.82) is 0 Å². The fourth-order valence-electron chi connectivity index (χ4n) is 3.38. The van der Waals surface area contributed by atoms with Gasteiger partial charge in [-0.1, -0.05) is 35.9 Å². The van der Waals surface area contributed by atoms with Crippen molar-refractivity contribution in [3.8, 4) is 0 Å². The monoisotopic (exact) mass is 435 g/mol. The number of para-hydroxylation sites is 1. The Kier molecular flexibility index (Phi) is 5.37. The number of benzene rings is 1. The highest BCUT2D eigenvalue weighted by Gasteiger charge is 2.28. The lowest BCUT2D eigenvalue weighted by Crippen LogP contribution is -2.46. The lowest BCUT2D eigenvalue weighted by Gasteiger charge is -2.32. The van der Waals surface area contributed by atoms with E-state index in [4.69, 9.17) is 11.6 Å². The normalized spacial score (nSPS) is 15.8. The maximum atomic E-state index is 13.0. The van der Waals surface area contributed by atoms with E-state index in [9.17, 15) is 13.2 Å². The average molecular weight is 436 g/mol. The van der Waals surface area contributed by atoms with Gasteiger partial charge in [-0.05, 0) is 36.4 Å². The molecule has 0 radical (unpaired) electrons. The van der Waals surface area contributed by atoms with Gasteiger partial charge in [-0.25, -0.2) is 18.1 Å². The maximum Gasteiger partial charge on any atom is 0.254 e. The summed E-state index contributed by atoms with van der Waals surface area (Å²) in [6.45, 7) is 0.954.